The fourth-order valence-corrected chi connectivity index (χ4v) is 2.68. The van der Waals surface area contributed by atoms with Crippen molar-refractivity contribution in [3.63, 3.8) is 0 Å². The van der Waals surface area contributed by atoms with Crippen molar-refractivity contribution in [3.05, 3.63) is 28.8 Å². The van der Waals surface area contributed by atoms with E-state index in [-0.39, 0.29) is 6.61 Å². The molecule has 0 spiro atoms. The van der Waals surface area contributed by atoms with Gasteiger partial charge in [0.1, 0.15) is 5.75 Å². The molecule has 0 bridgehead atoms. The predicted octanol–water partition coefficient (Wildman–Crippen LogP) is 2.77. The van der Waals surface area contributed by atoms with Gasteiger partial charge in [0, 0.05) is 11.6 Å². The number of rotatable bonds is 4. The zero-order chi connectivity index (χ0) is 13.9. The Hall–Kier alpha value is -1.26. The topological polar surface area (TPSA) is 55.8 Å². The number of hydrogen-bond acceptors (Lipinski definition) is 3. The van der Waals surface area contributed by atoms with Crippen LogP contribution in [-0.4, -0.2) is 31.4 Å². The molecule has 4 nitrogen and oxygen atoms in total. The van der Waals surface area contributed by atoms with Crippen molar-refractivity contribution in [2.45, 2.75) is 19.3 Å². The molecule has 1 aliphatic heterocycles. The first-order chi connectivity index (χ1) is 9.07. The highest BCUT2D eigenvalue weighted by molar-refractivity contribution is 6.30. The average Bonchev–Trinajstić information content (AvgIpc) is 2.40. The third kappa shape index (κ3) is 3.01. The summed E-state index contributed by atoms with van der Waals surface area (Å²) in [6, 6.07) is 5.26. The van der Waals surface area contributed by atoms with Crippen molar-refractivity contribution >= 4 is 17.6 Å². The molecule has 1 N–H and O–H groups in total. The lowest BCUT2D eigenvalue weighted by Gasteiger charge is -2.33. The summed E-state index contributed by atoms with van der Waals surface area (Å²) >= 11 is 5.98. The van der Waals surface area contributed by atoms with Crippen LogP contribution in [0.5, 0.6) is 5.75 Å². The van der Waals surface area contributed by atoms with Gasteiger partial charge in [-0.3, -0.25) is 4.79 Å². The molecule has 1 aromatic rings. The van der Waals surface area contributed by atoms with Crippen LogP contribution in [0.15, 0.2) is 18.2 Å². The first-order valence-corrected chi connectivity index (χ1v) is 6.59. The van der Waals surface area contributed by atoms with Crippen LogP contribution in [0, 0.1) is 5.41 Å². The highest BCUT2D eigenvalue weighted by Crippen LogP contribution is 2.36. The molecule has 0 amide bonds. The fraction of sp³-hybridized carbons (Fsp3) is 0.500. The van der Waals surface area contributed by atoms with E-state index in [0.29, 0.717) is 30.2 Å². The Labute approximate surface area is 117 Å². The second-order valence-electron chi connectivity index (χ2n) is 4.87. The lowest BCUT2D eigenvalue weighted by molar-refractivity contribution is -0.157. The van der Waals surface area contributed by atoms with Crippen molar-refractivity contribution in [2.75, 3.05) is 20.3 Å². The molecule has 2 rings (SSSR count). The Morgan fingerprint density at radius 3 is 2.95 bits per heavy atom. The van der Waals surface area contributed by atoms with E-state index in [1.54, 1.807) is 25.3 Å². The molecule has 0 radical (unpaired) electrons. The SMILES string of the molecule is COc1ccc(Cl)cc1CC1(C(=O)O)CCCOC1. The molecular weight excluding hydrogens is 268 g/mol. The molecule has 1 fully saturated rings. The van der Waals surface area contributed by atoms with E-state index in [0.717, 1.165) is 12.0 Å². The Morgan fingerprint density at radius 1 is 1.58 bits per heavy atom. The number of hydrogen-bond donors (Lipinski definition) is 1. The van der Waals surface area contributed by atoms with Crippen molar-refractivity contribution in [1.82, 2.24) is 0 Å². The maximum atomic E-state index is 11.6. The molecule has 104 valence electrons. The Kier molecular flexibility index (Phi) is 4.32. The monoisotopic (exact) mass is 284 g/mol. The third-order valence-corrected chi connectivity index (χ3v) is 3.78. The zero-order valence-electron chi connectivity index (χ0n) is 10.8. The minimum absolute atomic E-state index is 0.234. The number of benzene rings is 1. The average molecular weight is 285 g/mol. The van der Waals surface area contributed by atoms with Crippen molar-refractivity contribution in [2.24, 2.45) is 5.41 Å². The Balaban J connectivity index is 2.31. The molecule has 0 aromatic heterocycles. The molecule has 1 heterocycles. The number of aliphatic carboxylic acids is 1. The normalized spacial score (nSPS) is 23.1. The number of halogens is 1. The van der Waals surface area contributed by atoms with Crippen LogP contribution in [0.1, 0.15) is 18.4 Å². The van der Waals surface area contributed by atoms with Gasteiger partial charge in [-0.1, -0.05) is 11.6 Å². The zero-order valence-corrected chi connectivity index (χ0v) is 11.6. The van der Waals surface area contributed by atoms with Crippen LogP contribution >= 0.6 is 11.6 Å². The molecule has 5 heteroatoms. The number of ether oxygens (including phenoxy) is 2. The summed E-state index contributed by atoms with van der Waals surface area (Å²) in [4.78, 5) is 11.6. The summed E-state index contributed by atoms with van der Waals surface area (Å²) in [5, 5.41) is 10.1. The Bertz CT molecular complexity index is 467. The first kappa shape index (κ1) is 14.2. The first-order valence-electron chi connectivity index (χ1n) is 6.21. The fourth-order valence-electron chi connectivity index (χ4n) is 2.49. The Morgan fingerprint density at radius 2 is 2.37 bits per heavy atom. The lowest BCUT2D eigenvalue weighted by Crippen LogP contribution is -2.41. The maximum Gasteiger partial charge on any atom is 0.312 e. The second kappa shape index (κ2) is 5.80. The van der Waals surface area contributed by atoms with Gasteiger partial charge in [-0.15, -0.1) is 0 Å². The van der Waals surface area contributed by atoms with E-state index < -0.39 is 11.4 Å². The number of carbonyl (C=O) groups is 1. The van der Waals surface area contributed by atoms with Crippen LogP contribution in [0.3, 0.4) is 0 Å². The minimum Gasteiger partial charge on any atom is -0.496 e. The van der Waals surface area contributed by atoms with E-state index in [2.05, 4.69) is 0 Å². The maximum absolute atomic E-state index is 11.6. The lowest BCUT2D eigenvalue weighted by atomic mass is 9.77. The van der Waals surface area contributed by atoms with Gasteiger partial charge in [0.05, 0.1) is 19.1 Å². The minimum atomic E-state index is -0.879. The molecular formula is C14H17ClO4. The summed E-state index contributed by atoms with van der Waals surface area (Å²) in [6.45, 7) is 0.861. The van der Waals surface area contributed by atoms with Crippen LogP contribution < -0.4 is 4.74 Å². The van der Waals surface area contributed by atoms with Crippen molar-refractivity contribution in [3.8, 4) is 5.75 Å². The number of carboxylic acid groups (broad SMARTS) is 1. The van der Waals surface area contributed by atoms with Crippen LogP contribution in [0.2, 0.25) is 5.02 Å². The van der Waals surface area contributed by atoms with E-state index in [4.69, 9.17) is 21.1 Å². The summed E-state index contributed by atoms with van der Waals surface area (Å²) in [6.07, 6.45) is 1.74. The highest BCUT2D eigenvalue weighted by atomic mass is 35.5. The van der Waals surface area contributed by atoms with Crippen molar-refractivity contribution in [1.29, 1.82) is 0 Å². The second-order valence-corrected chi connectivity index (χ2v) is 5.31. The van der Waals surface area contributed by atoms with E-state index >= 15 is 0 Å². The molecule has 1 aromatic carbocycles. The van der Waals surface area contributed by atoms with Gasteiger partial charge in [-0.25, -0.2) is 0 Å². The predicted molar refractivity (Wildman–Crippen MR) is 71.8 cm³/mol. The molecule has 1 saturated heterocycles. The van der Waals surface area contributed by atoms with E-state index in [1.165, 1.54) is 0 Å². The summed E-state index contributed by atoms with van der Waals surface area (Å²) in [5.41, 5.74) is -0.0705. The van der Waals surface area contributed by atoms with Crippen LogP contribution in [0.4, 0.5) is 0 Å². The van der Waals surface area contributed by atoms with Gasteiger partial charge < -0.3 is 14.6 Å². The van der Waals surface area contributed by atoms with Gasteiger partial charge in [-0.2, -0.15) is 0 Å². The molecule has 1 atom stereocenters. The number of methoxy groups -OCH3 is 1. The summed E-state index contributed by atoms with van der Waals surface area (Å²) < 4.78 is 10.6. The quantitative estimate of drug-likeness (QED) is 0.924. The highest BCUT2D eigenvalue weighted by Gasteiger charge is 2.41. The van der Waals surface area contributed by atoms with Crippen molar-refractivity contribution < 1.29 is 19.4 Å². The molecule has 0 aliphatic carbocycles. The smallest absolute Gasteiger partial charge is 0.312 e. The van der Waals surface area contributed by atoms with Gasteiger partial charge in [0.15, 0.2) is 0 Å². The summed E-state index contributed by atoms with van der Waals surface area (Å²) in [5.74, 6) is -0.162. The van der Waals surface area contributed by atoms with Crippen LogP contribution in [0.25, 0.3) is 0 Å². The molecule has 1 aliphatic rings. The molecule has 19 heavy (non-hydrogen) atoms. The molecule has 1 unspecified atom stereocenters. The molecule has 0 saturated carbocycles. The van der Waals surface area contributed by atoms with Gasteiger partial charge in [-0.05, 0) is 43.0 Å². The summed E-state index contributed by atoms with van der Waals surface area (Å²) in [7, 11) is 1.57. The third-order valence-electron chi connectivity index (χ3n) is 3.55. The van der Waals surface area contributed by atoms with Gasteiger partial charge >= 0.3 is 5.97 Å². The van der Waals surface area contributed by atoms with Crippen LogP contribution in [-0.2, 0) is 16.0 Å². The largest absolute Gasteiger partial charge is 0.496 e. The van der Waals surface area contributed by atoms with E-state index in [1.807, 2.05) is 0 Å². The van der Waals surface area contributed by atoms with Gasteiger partial charge in [0.2, 0.25) is 0 Å². The van der Waals surface area contributed by atoms with Gasteiger partial charge in [0.25, 0.3) is 0 Å². The van der Waals surface area contributed by atoms with E-state index in [9.17, 15) is 9.90 Å². The standard InChI is InChI=1S/C14H17ClO4/c1-18-12-4-3-11(15)7-10(12)8-14(13(16)17)5-2-6-19-9-14/h3-4,7H,2,5-6,8-9H2,1H3,(H,16,17). The number of carboxylic acids is 1.